The molecule has 0 radical (unpaired) electrons. The smallest absolute Gasteiger partial charge is 0.224 e. The second kappa shape index (κ2) is 8.59. The molecule has 0 unspecified atom stereocenters. The Morgan fingerprint density at radius 2 is 1.86 bits per heavy atom. The van der Waals surface area contributed by atoms with E-state index in [-0.39, 0.29) is 5.91 Å². The molecule has 4 rings (SSSR count). The minimum atomic E-state index is 0.109. The van der Waals surface area contributed by atoms with Gasteiger partial charge in [0.1, 0.15) is 18.0 Å². The van der Waals surface area contributed by atoms with E-state index in [9.17, 15) is 4.79 Å². The number of rotatable bonds is 7. The Bertz CT molecular complexity index is 795. The zero-order chi connectivity index (χ0) is 19.3. The fourth-order valence-corrected chi connectivity index (χ4v) is 3.68. The van der Waals surface area contributed by atoms with Gasteiger partial charge in [-0.3, -0.25) is 4.79 Å². The number of aryl methyl sites for hydroxylation is 1. The molecule has 2 fully saturated rings. The number of nitrogens with one attached hydrogen (secondary N) is 2. The molecule has 1 aliphatic carbocycles. The lowest BCUT2D eigenvalue weighted by atomic mass is 9.92. The largest absolute Gasteiger partial charge is 0.367 e. The number of piperidine rings is 1. The summed E-state index contributed by atoms with van der Waals surface area (Å²) >= 11 is 0. The van der Waals surface area contributed by atoms with Gasteiger partial charge in [-0.05, 0) is 57.1 Å². The van der Waals surface area contributed by atoms with E-state index in [0.29, 0.717) is 18.4 Å². The van der Waals surface area contributed by atoms with E-state index in [1.165, 1.54) is 18.4 Å². The van der Waals surface area contributed by atoms with Crippen LogP contribution in [0, 0.1) is 12.8 Å². The first kappa shape index (κ1) is 18.7. The molecule has 1 saturated carbocycles. The molecule has 0 atom stereocenters. The monoisotopic (exact) mass is 379 g/mol. The molecule has 1 aromatic carbocycles. The van der Waals surface area contributed by atoms with Crippen LogP contribution in [-0.2, 0) is 4.79 Å². The summed E-state index contributed by atoms with van der Waals surface area (Å²) in [5.74, 6) is 2.65. The normalized spacial score (nSPS) is 17.4. The van der Waals surface area contributed by atoms with Gasteiger partial charge in [-0.15, -0.1) is 0 Å². The molecule has 2 N–H and O–H groups in total. The summed E-state index contributed by atoms with van der Waals surface area (Å²) in [6, 6.07) is 10.6. The van der Waals surface area contributed by atoms with Crippen molar-refractivity contribution in [2.75, 3.05) is 28.6 Å². The molecule has 1 amide bonds. The third kappa shape index (κ3) is 5.21. The first-order valence-corrected chi connectivity index (χ1v) is 10.4. The Labute approximate surface area is 166 Å². The Balaban J connectivity index is 1.21. The minimum absolute atomic E-state index is 0.109. The predicted molar refractivity (Wildman–Crippen MR) is 113 cm³/mol. The Morgan fingerprint density at radius 1 is 1.11 bits per heavy atom. The van der Waals surface area contributed by atoms with Crippen molar-refractivity contribution in [2.24, 2.45) is 5.92 Å². The van der Waals surface area contributed by atoms with E-state index >= 15 is 0 Å². The van der Waals surface area contributed by atoms with Crippen LogP contribution in [0.3, 0.4) is 0 Å². The number of anilines is 3. The first-order chi connectivity index (χ1) is 13.7. The van der Waals surface area contributed by atoms with Gasteiger partial charge < -0.3 is 15.5 Å². The van der Waals surface area contributed by atoms with Crippen LogP contribution in [-0.4, -0.2) is 35.0 Å². The fourth-order valence-electron chi connectivity index (χ4n) is 3.68. The maximum absolute atomic E-state index is 12.2. The summed E-state index contributed by atoms with van der Waals surface area (Å²) in [6.07, 6.45) is 7.87. The third-order valence-corrected chi connectivity index (χ3v) is 5.64. The summed E-state index contributed by atoms with van der Waals surface area (Å²) in [5, 5.41) is 6.43. The summed E-state index contributed by atoms with van der Waals surface area (Å²) in [4.78, 5) is 23.3. The van der Waals surface area contributed by atoms with E-state index in [4.69, 9.17) is 0 Å². The molecule has 0 spiro atoms. The highest BCUT2D eigenvalue weighted by molar-refractivity contribution is 5.90. The van der Waals surface area contributed by atoms with E-state index < -0.39 is 0 Å². The van der Waals surface area contributed by atoms with Crippen LogP contribution in [0.5, 0.6) is 0 Å². The molecule has 2 aliphatic rings. The second-order valence-corrected chi connectivity index (χ2v) is 8.06. The molecule has 6 nitrogen and oxygen atoms in total. The molecule has 28 heavy (non-hydrogen) atoms. The van der Waals surface area contributed by atoms with Crippen LogP contribution in [0.15, 0.2) is 36.7 Å². The standard InChI is InChI=1S/C22H29N5O/c1-16-2-5-19(6-3-16)26-22(28)9-4-17-10-12-27(13-11-17)21-14-20(23-15-24-21)25-18-7-8-18/h2-3,5-6,14-15,17-18H,4,7-13H2,1H3,(H,26,28)(H,23,24,25). The molecular formula is C22H29N5O. The number of carbonyl (C=O) groups is 1. The number of hydrogen-bond acceptors (Lipinski definition) is 5. The van der Waals surface area contributed by atoms with Gasteiger partial charge in [0, 0.05) is 37.3 Å². The van der Waals surface area contributed by atoms with Crippen LogP contribution >= 0.6 is 0 Å². The maximum atomic E-state index is 12.2. The highest BCUT2D eigenvalue weighted by Gasteiger charge is 2.23. The zero-order valence-electron chi connectivity index (χ0n) is 16.5. The SMILES string of the molecule is Cc1ccc(NC(=O)CCC2CCN(c3cc(NC4CC4)ncn3)CC2)cc1. The third-order valence-electron chi connectivity index (χ3n) is 5.64. The van der Waals surface area contributed by atoms with Crippen LogP contribution in [0.1, 0.15) is 44.1 Å². The number of carbonyl (C=O) groups excluding carboxylic acids is 1. The van der Waals surface area contributed by atoms with Crippen LogP contribution in [0.25, 0.3) is 0 Å². The Kier molecular flexibility index (Phi) is 5.74. The lowest BCUT2D eigenvalue weighted by Crippen LogP contribution is -2.34. The van der Waals surface area contributed by atoms with Crippen molar-refractivity contribution >= 4 is 23.2 Å². The lowest BCUT2D eigenvalue weighted by Gasteiger charge is -2.32. The Hall–Kier alpha value is -2.63. The summed E-state index contributed by atoms with van der Waals surface area (Å²) in [5.41, 5.74) is 2.08. The van der Waals surface area contributed by atoms with Gasteiger partial charge in [0.2, 0.25) is 5.91 Å². The molecule has 1 aliphatic heterocycles. The van der Waals surface area contributed by atoms with Crippen molar-refractivity contribution in [3.05, 3.63) is 42.2 Å². The van der Waals surface area contributed by atoms with Gasteiger partial charge in [-0.1, -0.05) is 17.7 Å². The zero-order valence-corrected chi connectivity index (χ0v) is 16.5. The van der Waals surface area contributed by atoms with Gasteiger partial charge in [-0.25, -0.2) is 9.97 Å². The van der Waals surface area contributed by atoms with Crippen molar-refractivity contribution in [3.8, 4) is 0 Å². The first-order valence-electron chi connectivity index (χ1n) is 10.4. The van der Waals surface area contributed by atoms with E-state index in [1.54, 1.807) is 6.33 Å². The highest BCUT2D eigenvalue weighted by atomic mass is 16.1. The van der Waals surface area contributed by atoms with Crippen LogP contribution in [0.2, 0.25) is 0 Å². The van der Waals surface area contributed by atoms with Crippen molar-refractivity contribution in [1.29, 1.82) is 0 Å². The number of amides is 1. The maximum Gasteiger partial charge on any atom is 0.224 e. The molecule has 2 aromatic rings. The van der Waals surface area contributed by atoms with Gasteiger partial charge in [0.25, 0.3) is 0 Å². The van der Waals surface area contributed by atoms with E-state index in [2.05, 4.69) is 31.6 Å². The molecule has 6 heteroatoms. The molecule has 148 valence electrons. The molecule has 1 saturated heterocycles. The van der Waals surface area contributed by atoms with Crippen molar-refractivity contribution in [1.82, 2.24) is 9.97 Å². The number of nitrogens with zero attached hydrogens (tertiary/aromatic N) is 3. The Morgan fingerprint density at radius 3 is 2.57 bits per heavy atom. The van der Waals surface area contributed by atoms with E-state index in [1.807, 2.05) is 31.2 Å². The molecule has 1 aromatic heterocycles. The lowest BCUT2D eigenvalue weighted by molar-refractivity contribution is -0.116. The average molecular weight is 380 g/mol. The van der Waals surface area contributed by atoms with Crippen molar-refractivity contribution in [2.45, 2.75) is 51.5 Å². The number of hydrogen-bond donors (Lipinski definition) is 2. The fraction of sp³-hybridized carbons (Fsp3) is 0.500. The summed E-state index contributed by atoms with van der Waals surface area (Å²) in [7, 11) is 0. The number of aromatic nitrogens is 2. The molecular weight excluding hydrogens is 350 g/mol. The summed E-state index contributed by atoms with van der Waals surface area (Å²) in [6.45, 7) is 4.03. The topological polar surface area (TPSA) is 70.2 Å². The summed E-state index contributed by atoms with van der Waals surface area (Å²) < 4.78 is 0. The van der Waals surface area contributed by atoms with Gasteiger partial charge in [0.05, 0.1) is 0 Å². The van der Waals surface area contributed by atoms with Gasteiger partial charge >= 0.3 is 0 Å². The van der Waals surface area contributed by atoms with Crippen LogP contribution in [0.4, 0.5) is 17.3 Å². The van der Waals surface area contributed by atoms with Crippen molar-refractivity contribution < 1.29 is 4.79 Å². The number of benzene rings is 1. The van der Waals surface area contributed by atoms with Crippen molar-refractivity contribution in [3.63, 3.8) is 0 Å². The molecule has 2 heterocycles. The minimum Gasteiger partial charge on any atom is -0.367 e. The van der Waals surface area contributed by atoms with Gasteiger partial charge in [-0.2, -0.15) is 0 Å². The highest BCUT2D eigenvalue weighted by Crippen LogP contribution is 2.28. The molecule has 0 bridgehead atoms. The van der Waals surface area contributed by atoms with Crippen LogP contribution < -0.4 is 15.5 Å². The second-order valence-electron chi connectivity index (χ2n) is 8.06. The predicted octanol–water partition coefficient (Wildman–Crippen LogP) is 3.99. The average Bonchev–Trinajstić information content (AvgIpc) is 3.53. The quantitative estimate of drug-likeness (QED) is 0.761. The van der Waals surface area contributed by atoms with Gasteiger partial charge in [0.15, 0.2) is 0 Å². The van der Waals surface area contributed by atoms with E-state index in [0.717, 1.165) is 49.7 Å².